The molecule has 1 N–H and O–H groups in total. The van der Waals surface area contributed by atoms with Gasteiger partial charge in [0.2, 0.25) is 0 Å². The minimum Gasteiger partial charge on any atom is -0.371 e. The number of hydrogen-bond acceptors (Lipinski definition) is 2. The van der Waals surface area contributed by atoms with Gasteiger partial charge >= 0.3 is 0 Å². The molecule has 2 heterocycles. The topological polar surface area (TPSA) is 15.3 Å². The van der Waals surface area contributed by atoms with E-state index < -0.39 is 0 Å². The van der Waals surface area contributed by atoms with Crippen LogP contribution >= 0.6 is 0 Å². The third-order valence-electron chi connectivity index (χ3n) is 4.91. The number of aryl methyl sites for hydroxylation is 1. The van der Waals surface area contributed by atoms with Crippen molar-refractivity contribution in [2.45, 2.75) is 45.4 Å². The van der Waals surface area contributed by atoms with Crippen molar-refractivity contribution in [2.24, 2.45) is 5.92 Å². The lowest BCUT2D eigenvalue weighted by Crippen LogP contribution is -2.31. The zero-order valence-corrected chi connectivity index (χ0v) is 13.0. The molecular formula is C18H28N2. The van der Waals surface area contributed by atoms with Gasteiger partial charge in [0, 0.05) is 24.7 Å². The van der Waals surface area contributed by atoms with E-state index in [1.807, 2.05) is 0 Å². The molecular weight excluding hydrogens is 244 g/mol. The number of hydrogen-bond donors (Lipinski definition) is 1. The minimum absolute atomic E-state index is 0.751. The molecule has 1 saturated heterocycles. The summed E-state index contributed by atoms with van der Waals surface area (Å²) >= 11 is 0. The van der Waals surface area contributed by atoms with Gasteiger partial charge in [0.25, 0.3) is 0 Å². The lowest BCUT2D eigenvalue weighted by Gasteiger charge is -2.26. The smallest absolute Gasteiger partial charge is 0.0402 e. The van der Waals surface area contributed by atoms with E-state index in [2.05, 4.69) is 42.3 Å². The molecule has 2 unspecified atom stereocenters. The predicted octanol–water partition coefficient (Wildman–Crippen LogP) is 3.70. The first-order valence-corrected chi connectivity index (χ1v) is 8.34. The normalized spacial score (nSPS) is 25.8. The van der Waals surface area contributed by atoms with Crippen molar-refractivity contribution in [1.29, 1.82) is 0 Å². The number of nitrogens with one attached hydrogen (secondary N) is 1. The lowest BCUT2D eigenvalue weighted by molar-refractivity contribution is 0.338. The van der Waals surface area contributed by atoms with E-state index in [0.29, 0.717) is 0 Å². The Hall–Kier alpha value is -1.02. The largest absolute Gasteiger partial charge is 0.371 e. The first-order chi connectivity index (χ1) is 9.78. The first kappa shape index (κ1) is 13.9. The molecule has 0 bridgehead atoms. The van der Waals surface area contributed by atoms with Crippen molar-refractivity contribution < 1.29 is 0 Å². The predicted molar refractivity (Wildman–Crippen MR) is 86.6 cm³/mol. The van der Waals surface area contributed by atoms with E-state index in [-0.39, 0.29) is 0 Å². The van der Waals surface area contributed by atoms with Crippen molar-refractivity contribution in [1.82, 2.24) is 5.32 Å². The van der Waals surface area contributed by atoms with Crippen LogP contribution in [-0.2, 0) is 0 Å². The summed E-state index contributed by atoms with van der Waals surface area (Å²) < 4.78 is 0. The number of piperidine rings is 1. The summed E-state index contributed by atoms with van der Waals surface area (Å²) in [5.74, 6) is 1.63. The summed E-state index contributed by atoms with van der Waals surface area (Å²) in [5, 5.41) is 3.57. The van der Waals surface area contributed by atoms with E-state index in [0.717, 1.165) is 11.8 Å². The molecule has 0 radical (unpaired) electrons. The summed E-state index contributed by atoms with van der Waals surface area (Å²) in [4.78, 5) is 2.61. The van der Waals surface area contributed by atoms with E-state index >= 15 is 0 Å². The second-order valence-electron chi connectivity index (χ2n) is 6.65. The van der Waals surface area contributed by atoms with Gasteiger partial charge in [0.1, 0.15) is 0 Å². The number of nitrogens with zero attached hydrogens (tertiary/aromatic N) is 1. The van der Waals surface area contributed by atoms with Crippen molar-refractivity contribution in [2.75, 3.05) is 31.1 Å². The molecule has 2 aliphatic rings. The van der Waals surface area contributed by atoms with Gasteiger partial charge in [-0.3, -0.25) is 0 Å². The highest BCUT2D eigenvalue weighted by Crippen LogP contribution is 2.40. The van der Waals surface area contributed by atoms with Crippen LogP contribution in [0.3, 0.4) is 0 Å². The maximum atomic E-state index is 3.57. The Morgan fingerprint density at radius 2 is 2.25 bits per heavy atom. The van der Waals surface area contributed by atoms with Gasteiger partial charge in [-0.1, -0.05) is 24.6 Å². The highest BCUT2D eigenvalue weighted by Gasteiger charge is 2.30. The third kappa shape index (κ3) is 2.85. The number of rotatable bonds is 4. The summed E-state index contributed by atoms with van der Waals surface area (Å²) in [7, 11) is 0. The highest BCUT2D eigenvalue weighted by molar-refractivity contribution is 5.61. The molecule has 2 heteroatoms. The van der Waals surface area contributed by atoms with E-state index in [1.54, 1.807) is 5.56 Å². The van der Waals surface area contributed by atoms with Gasteiger partial charge in [-0.25, -0.2) is 0 Å². The van der Waals surface area contributed by atoms with Crippen LogP contribution in [0.4, 0.5) is 5.69 Å². The van der Waals surface area contributed by atoms with E-state index in [9.17, 15) is 0 Å². The SMILES string of the molecule is CCCN1CC(CC2CCCNC2)c2cc(C)ccc21. The molecule has 0 aromatic heterocycles. The highest BCUT2D eigenvalue weighted by atomic mass is 15.2. The summed E-state index contributed by atoms with van der Waals surface area (Å²) in [5.41, 5.74) is 4.53. The van der Waals surface area contributed by atoms with Crippen LogP contribution in [-0.4, -0.2) is 26.2 Å². The average molecular weight is 272 g/mol. The second-order valence-corrected chi connectivity index (χ2v) is 6.65. The van der Waals surface area contributed by atoms with Crippen LogP contribution in [0.5, 0.6) is 0 Å². The molecule has 0 saturated carbocycles. The van der Waals surface area contributed by atoms with Crippen LogP contribution in [0.1, 0.15) is 49.7 Å². The van der Waals surface area contributed by atoms with E-state index in [1.165, 1.54) is 63.1 Å². The molecule has 1 aromatic rings. The molecule has 0 spiro atoms. The van der Waals surface area contributed by atoms with Gasteiger partial charge in [-0.15, -0.1) is 0 Å². The van der Waals surface area contributed by atoms with Crippen LogP contribution < -0.4 is 10.2 Å². The molecule has 2 atom stereocenters. The Morgan fingerprint density at radius 3 is 3.00 bits per heavy atom. The summed E-state index contributed by atoms with van der Waals surface area (Å²) in [6.07, 6.45) is 5.38. The van der Waals surface area contributed by atoms with Crippen molar-refractivity contribution in [3.05, 3.63) is 29.3 Å². The first-order valence-electron chi connectivity index (χ1n) is 8.34. The number of fused-ring (bicyclic) bond motifs is 1. The second kappa shape index (κ2) is 6.17. The summed E-state index contributed by atoms with van der Waals surface area (Å²) in [6, 6.07) is 7.05. The maximum absolute atomic E-state index is 3.57. The van der Waals surface area contributed by atoms with Gasteiger partial charge in [-0.2, -0.15) is 0 Å². The molecule has 110 valence electrons. The standard InChI is InChI=1S/C18H28N2/c1-3-9-20-13-16(11-15-5-4-8-19-12-15)17-10-14(2)6-7-18(17)20/h6-7,10,15-16,19H,3-5,8-9,11-13H2,1-2H3. The quantitative estimate of drug-likeness (QED) is 0.899. The van der Waals surface area contributed by atoms with E-state index in [4.69, 9.17) is 0 Å². The van der Waals surface area contributed by atoms with Gasteiger partial charge < -0.3 is 10.2 Å². The zero-order chi connectivity index (χ0) is 13.9. The van der Waals surface area contributed by atoms with Crippen LogP contribution in [0.2, 0.25) is 0 Å². The minimum atomic E-state index is 0.751. The monoisotopic (exact) mass is 272 g/mol. The number of anilines is 1. The molecule has 1 aromatic carbocycles. The molecule has 20 heavy (non-hydrogen) atoms. The van der Waals surface area contributed by atoms with Crippen LogP contribution in [0, 0.1) is 12.8 Å². The van der Waals surface area contributed by atoms with Crippen molar-refractivity contribution in [3.63, 3.8) is 0 Å². The Kier molecular flexibility index (Phi) is 4.30. The molecule has 0 aliphatic carbocycles. The third-order valence-corrected chi connectivity index (χ3v) is 4.91. The Balaban J connectivity index is 1.77. The average Bonchev–Trinajstić information content (AvgIpc) is 2.78. The van der Waals surface area contributed by atoms with Crippen LogP contribution in [0.15, 0.2) is 18.2 Å². The fourth-order valence-corrected chi connectivity index (χ4v) is 3.96. The Labute approximate surface area is 123 Å². The van der Waals surface area contributed by atoms with Gasteiger partial charge in [0.15, 0.2) is 0 Å². The Morgan fingerprint density at radius 1 is 1.35 bits per heavy atom. The fraction of sp³-hybridized carbons (Fsp3) is 0.667. The molecule has 0 amide bonds. The molecule has 1 fully saturated rings. The van der Waals surface area contributed by atoms with Gasteiger partial charge in [0.05, 0.1) is 0 Å². The van der Waals surface area contributed by atoms with Crippen molar-refractivity contribution in [3.8, 4) is 0 Å². The fourth-order valence-electron chi connectivity index (χ4n) is 3.96. The zero-order valence-electron chi connectivity index (χ0n) is 13.0. The molecule has 2 nitrogen and oxygen atoms in total. The van der Waals surface area contributed by atoms with Crippen LogP contribution in [0.25, 0.3) is 0 Å². The van der Waals surface area contributed by atoms with Gasteiger partial charge in [-0.05, 0) is 63.2 Å². The summed E-state index contributed by atoms with van der Waals surface area (Å²) in [6.45, 7) is 9.40. The van der Waals surface area contributed by atoms with Crippen molar-refractivity contribution >= 4 is 5.69 Å². The Bertz CT molecular complexity index is 449. The molecule has 3 rings (SSSR count). The maximum Gasteiger partial charge on any atom is 0.0402 e. The lowest BCUT2D eigenvalue weighted by atomic mass is 9.86. The number of benzene rings is 1. The molecule has 2 aliphatic heterocycles.